The molecule has 0 bridgehead atoms. The third kappa shape index (κ3) is 2.44. The fourth-order valence-electron chi connectivity index (χ4n) is 1.64. The molecule has 0 aliphatic carbocycles. The van der Waals surface area contributed by atoms with E-state index in [0.29, 0.717) is 6.54 Å². The van der Waals surface area contributed by atoms with Gasteiger partial charge in [0.2, 0.25) is 0 Å². The lowest BCUT2D eigenvalue weighted by Gasteiger charge is -2.11. The zero-order valence-electron chi connectivity index (χ0n) is 9.64. The minimum Gasteiger partial charge on any atom is -0.291 e. The summed E-state index contributed by atoms with van der Waals surface area (Å²) >= 11 is 3.44. The van der Waals surface area contributed by atoms with Crippen LogP contribution in [0.15, 0.2) is 33.8 Å². The molecule has 0 atom stereocenters. The molecule has 17 heavy (non-hydrogen) atoms. The quantitative estimate of drug-likeness (QED) is 0.852. The van der Waals surface area contributed by atoms with E-state index >= 15 is 0 Å². The third-order valence-corrected chi connectivity index (χ3v) is 3.75. The molecule has 0 radical (unpaired) electrons. The maximum Gasteiger partial charge on any atom is 0.348 e. The zero-order chi connectivity index (χ0) is 12.4. The number of hydrogen-bond acceptors (Lipinski definition) is 3. The van der Waals surface area contributed by atoms with E-state index in [1.807, 2.05) is 26.0 Å². The van der Waals surface area contributed by atoms with Gasteiger partial charge in [0, 0.05) is 18.1 Å². The molecule has 88 valence electrons. The van der Waals surface area contributed by atoms with Crippen molar-refractivity contribution < 1.29 is 0 Å². The maximum absolute atomic E-state index is 11.8. The van der Waals surface area contributed by atoms with Gasteiger partial charge in [-0.25, -0.2) is 4.79 Å². The highest BCUT2D eigenvalue weighted by atomic mass is 79.9. The van der Waals surface area contributed by atoms with Crippen LogP contribution in [-0.2, 0) is 6.54 Å². The molecule has 0 N–H and O–H groups in total. The lowest BCUT2D eigenvalue weighted by Crippen LogP contribution is -2.26. The number of halogens is 1. The van der Waals surface area contributed by atoms with Crippen LogP contribution in [0.4, 0.5) is 0 Å². The van der Waals surface area contributed by atoms with Gasteiger partial charge in [0.25, 0.3) is 0 Å². The van der Waals surface area contributed by atoms with Crippen LogP contribution < -0.4 is 5.69 Å². The fraction of sp³-hybridized carbons (Fsp3) is 0.250. The van der Waals surface area contributed by atoms with Crippen molar-refractivity contribution in [3.8, 4) is 0 Å². The van der Waals surface area contributed by atoms with Crippen molar-refractivity contribution in [1.29, 1.82) is 0 Å². The van der Waals surface area contributed by atoms with Crippen molar-refractivity contribution in [3.05, 3.63) is 56.4 Å². The Balaban J connectivity index is 2.47. The Bertz CT molecular complexity index is 593. The molecule has 0 saturated heterocycles. The summed E-state index contributed by atoms with van der Waals surface area (Å²) in [6.07, 6.45) is 3.46. The van der Waals surface area contributed by atoms with E-state index in [4.69, 9.17) is 0 Å². The highest BCUT2D eigenvalue weighted by Crippen LogP contribution is 2.17. The predicted molar refractivity (Wildman–Crippen MR) is 69.0 cm³/mol. The smallest absolute Gasteiger partial charge is 0.291 e. The van der Waals surface area contributed by atoms with Crippen LogP contribution in [0, 0.1) is 13.8 Å². The zero-order valence-corrected chi connectivity index (χ0v) is 11.2. The van der Waals surface area contributed by atoms with E-state index in [1.54, 1.807) is 17.0 Å². The van der Waals surface area contributed by atoms with Crippen LogP contribution in [-0.4, -0.2) is 14.5 Å². The number of nitrogens with zero attached hydrogens (tertiary/aromatic N) is 3. The van der Waals surface area contributed by atoms with Crippen molar-refractivity contribution in [3.63, 3.8) is 0 Å². The second kappa shape index (κ2) is 4.79. The van der Waals surface area contributed by atoms with Gasteiger partial charge in [0.05, 0.1) is 16.7 Å². The first-order chi connectivity index (χ1) is 8.09. The van der Waals surface area contributed by atoms with Gasteiger partial charge in [-0.2, -0.15) is 4.98 Å². The van der Waals surface area contributed by atoms with E-state index < -0.39 is 0 Å². The Morgan fingerprint density at radius 3 is 2.82 bits per heavy atom. The Hall–Kier alpha value is -1.49. The summed E-state index contributed by atoms with van der Waals surface area (Å²) in [5.41, 5.74) is 2.35. The fourth-order valence-corrected chi connectivity index (χ4v) is 1.94. The predicted octanol–water partition coefficient (Wildman–Crippen LogP) is 2.07. The summed E-state index contributed by atoms with van der Waals surface area (Å²) in [5.74, 6) is 0. The topological polar surface area (TPSA) is 47.8 Å². The normalized spacial score (nSPS) is 10.5. The second-order valence-electron chi connectivity index (χ2n) is 3.83. The summed E-state index contributed by atoms with van der Waals surface area (Å²) in [4.78, 5) is 19.8. The molecule has 0 amide bonds. The van der Waals surface area contributed by atoms with Crippen LogP contribution in [0.25, 0.3) is 0 Å². The number of rotatable bonds is 2. The maximum atomic E-state index is 11.8. The molecule has 2 aromatic rings. The number of aryl methyl sites for hydroxylation is 1. The van der Waals surface area contributed by atoms with Crippen LogP contribution in [0.5, 0.6) is 0 Å². The molecule has 2 heterocycles. The molecule has 0 saturated carbocycles. The Morgan fingerprint density at radius 2 is 2.18 bits per heavy atom. The lowest BCUT2D eigenvalue weighted by atomic mass is 10.2. The molecule has 2 aromatic heterocycles. The van der Waals surface area contributed by atoms with E-state index in [9.17, 15) is 4.79 Å². The Labute approximate surface area is 107 Å². The monoisotopic (exact) mass is 293 g/mol. The molecular formula is C12H12BrN3O. The largest absolute Gasteiger partial charge is 0.348 e. The number of pyridine rings is 1. The summed E-state index contributed by atoms with van der Waals surface area (Å²) in [6.45, 7) is 4.20. The summed E-state index contributed by atoms with van der Waals surface area (Å²) < 4.78 is 2.51. The van der Waals surface area contributed by atoms with Gasteiger partial charge >= 0.3 is 5.69 Å². The van der Waals surface area contributed by atoms with Gasteiger partial charge in [-0.05, 0) is 41.4 Å². The Kier molecular flexibility index (Phi) is 3.38. The first-order valence-electron chi connectivity index (χ1n) is 5.22. The number of aromatic nitrogens is 3. The van der Waals surface area contributed by atoms with Gasteiger partial charge in [0.15, 0.2) is 0 Å². The number of hydrogen-bond donors (Lipinski definition) is 0. The van der Waals surface area contributed by atoms with Crippen molar-refractivity contribution in [2.75, 3.05) is 0 Å². The van der Waals surface area contributed by atoms with Gasteiger partial charge in [0.1, 0.15) is 0 Å². The van der Waals surface area contributed by atoms with Gasteiger partial charge in [-0.15, -0.1) is 0 Å². The minimum atomic E-state index is -0.230. The average Bonchev–Trinajstić information content (AvgIpc) is 2.33. The summed E-state index contributed by atoms with van der Waals surface area (Å²) in [5, 5.41) is 0. The van der Waals surface area contributed by atoms with E-state index in [2.05, 4.69) is 25.9 Å². The van der Waals surface area contributed by atoms with Crippen molar-refractivity contribution in [2.24, 2.45) is 0 Å². The SMILES string of the molecule is Cc1nc(=O)n(Cc2cccnc2)c(C)c1Br. The molecule has 0 aliphatic rings. The average molecular weight is 294 g/mol. The molecule has 4 nitrogen and oxygen atoms in total. The Morgan fingerprint density at radius 1 is 1.41 bits per heavy atom. The first kappa shape index (κ1) is 12.0. The highest BCUT2D eigenvalue weighted by Gasteiger charge is 2.09. The summed E-state index contributed by atoms with van der Waals surface area (Å²) in [6, 6.07) is 3.79. The molecule has 2 rings (SSSR count). The van der Waals surface area contributed by atoms with Gasteiger partial charge in [-0.1, -0.05) is 6.07 Å². The molecule has 0 spiro atoms. The van der Waals surface area contributed by atoms with Crippen molar-refractivity contribution in [1.82, 2.24) is 14.5 Å². The second-order valence-corrected chi connectivity index (χ2v) is 4.62. The molecule has 0 aromatic carbocycles. The van der Waals surface area contributed by atoms with Crippen molar-refractivity contribution >= 4 is 15.9 Å². The van der Waals surface area contributed by atoms with E-state index in [-0.39, 0.29) is 5.69 Å². The molecular weight excluding hydrogens is 282 g/mol. The molecule has 0 aliphatic heterocycles. The molecule has 0 unspecified atom stereocenters. The van der Waals surface area contributed by atoms with Crippen LogP contribution >= 0.6 is 15.9 Å². The molecule has 5 heteroatoms. The van der Waals surface area contributed by atoms with Crippen LogP contribution in [0.2, 0.25) is 0 Å². The summed E-state index contributed by atoms with van der Waals surface area (Å²) in [7, 11) is 0. The van der Waals surface area contributed by atoms with E-state index in [0.717, 1.165) is 21.4 Å². The van der Waals surface area contributed by atoms with Gasteiger partial charge < -0.3 is 0 Å². The lowest BCUT2D eigenvalue weighted by molar-refractivity contribution is 0.687. The highest BCUT2D eigenvalue weighted by molar-refractivity contribution is 9.10. The van der Waals surface area contributed by atoms with Crippen LogP contribution in [0.3, 0.4) is 0 Å². The van der Waals surface area contributed by atoms with Crippen molar-refractivity contribution in [2.45, 2.75) is 20.4 Å². The molecule has 0 fully saturated rings. The minimum absolute atomic E-state index is 0.230. The third-order valence-electron chi connectivity index (χ3n) is 2.60. The standard InChI is InChI=1S/C12H12BrN3O/c1-8-11(13)9(2)16(12(17)15-8)7-10-4-3-5-14-6-10/h3-6H,7H2,1-2H3. The van der Waals surface area contributed by atoms with Gasteiger partial charge in [-0.3, -0.25) is 9.55 Å². The van der Waals surface area contributed by atoms with E-state index in [1.165, 1.54) is 0 Å². The van der Waals surface area contributed by atoms with Crippen LogP contribution in [0.1, 0.15) is 17.0 Å². The first-order valence-corrected chi connectivity index (χ1v) is 6.01.